The van der Waals surface area contributed by atoms with Crippen LogP contribution in [-0.4, -0.2) is 24.5 Å². The zero-order valence-corrected chi connectivity index (χ0v) is 11.3. The van der Waals surface area contributed by atoms with E-state index in [4.69, 9.17) is 16.3 Å². The summed E-state index contributed by atoms with van der Waals surface area (Å²) in [5.74, 6) is -0.975. The first-order chi connectivity index (χ1) is 9.51. The van der Waals surface area contributed by atoms with Crippen LogP contribution in [0.2, 0.25) is 5.02 Å². The molecule has 2 N–H and O–H groups in total. The van der Waals surface area contributed by atoms with Gasteiger partial charge in [0.2, 0.25) is 0 Å². The Hall–Kier alpha value is -2.34. The van der Waals surface area contributed by atoms with E-state index in [1.54, 1.807) is 18.2 Å². The highest BCUT2D eigenvalue weighted by Gasteiger charge is 2.27. The predicted molar refractivity (Wildman–Crippen MR) is 72.3 cm³/mol. The van der Waals surface area contributed by atoms with Gasteiger partial charge in [-0.1, -0.05) is 17.7 Å². The summed E-state index contributed by atoms with van der Waals surface area (Å²) in [5.41, 5.74) is 0.387. The Morgan fingerprint density at radius 1 is 1.20 bits per heavy atom. The van der Waals surface area contributed by atoms with Crippen LogP contribution in [0.1, 0.15) is 12.5 Å². The van der Waals surface area contributed by atoms with Gasteiger partial charge in [-0.15, -0.1) is 0 Å². The van der Waals surface area contributed by atoms with Crippen molar-refractivity contribution in [1.29, 1.82) is 0 Å². The van der Waals surface area contributed by atoms with Crippen LogP contribution in [0.3, 0.4) is 0 Å². The first-order valence-electron chi connectivity index (χ1n) is 5.82. The van der Waals surface area contributed by atoms with Gasteiger partial charge in [-0.2, -0.15) is 0 Å². The lowest BCUT2D eigenvalue weighted by Crippen LogP contribution is -2.51. The lowest BCUT2D eigenvalue weighted by molar-refractivity contribution is -0.123. The summed E-state index contributed by atoms with van der Waals surface area (Å²) >= 11 is 6.01. The van der Waals surface area contributed by atoms with Gasteiger partial charge in [-0.25, -0.2) is 4.79 Å². The number of carbonyl (C=O) groups excluding carboxylic acids is 3. The van der Waals surface area contributed by atoms with E-state index in [9.17, 15) is 14.4 Å². The minimum Gasteiger partial charge on any atom is -0.492 e. The fraction of sp³-hybridized carbons (Fsp3) is 0.154. The van der Waals surface area contributed by atoms with Gasteiger partial charge in [-0.3, -0.25) is 20.2 Å². The Morgan fingerprint density at radius 2 is 1.85 bits per heavy atom. The molecular weight excluding hydrogens is 284 g/mol. The van der Waals surface area contributed by atoms with Crippen molar-refractivity contribution in [3.05, 3.63) is 34.4 Å². The number of hydrogen-bond acceptors (Lipinski definition) is 4. The smallest absolute Gasteiger partial charge is 0.328 e. The van der Waals surface area contributed by atoms with Crippen molar-refractivity contribution in [3.63, 3.8) is 0 Å². The van der Waals surface area contributed by atoms with Crippen molar-refractivity contribution in [2.75, 3.05) is 6.61 Å². The Kier molecular flexibility index (Phi) is 4.05. The van der Waals surface area contributed by atoms with Crippen LogP contribution in [0.25, 0.3) is 6.08 Å². The van der Waals surface area contributed by atoms with Crippen LogP contribution in [0.15, 0.2) is 23.8 Å². The second kappa shape index (κ2) is 5.75. The molecule has 1 fully saturated rings. The maximum absolute atomic E-state index is 11.6. The maximum atomic E-state index is 11.6. The molecule has 1 aromatic rings. The topological polar surface area (TPSA) is 84.5 Å². The van der Waals surface area contributed by atoms with Crippen molar-refractivity contribution >= 4 is 35.5 Å². The van der Waals surface area contributed by atoms with E-state index < -0.39 is 17.8 Å². The van der Waals surface area contributed by atoms with Crippen LogP contribution in [0.4, 0.5) is 4.79 Å². The monoisotopic (exact) mass is 294 g/mol. The van der Waals surface area contributed by atoms with E-state index >= 15 is 0 Å². The molecule has 104 valence electrons. The molecule has 0 saturated carbocycles. The van der Waals surface area contributed by atoms with Crippen LogP contribution in [-0.2, 0) is 9.59 Å². The molecule has 0 bridgehead atoms. The summed E-state index contributed by atoms with van der Waals surface area (Å²) in [4.78, 5) is 34.0. The number of ether oxygens (including phenoxy) is 1. The molecule has 1 aromatic carbocycles. The summed E-state index contributed by atoms with van der Waals surface area (Å²) in [5, 5.41) is 4.35. The minimum absolute atomic E-state index is 0.162. The third-order valence-electron chi connectivity index (χ3n) is 2.51. The molecule has 0 radical (unpaired) electrons. The molecule has 7 heteroatoms. The van der Waals surface area contributed by atoms with E-state index in [-0.39, 0.29) is 5.57 Å². The average molecular weight is 295 g/mol. The predicted octanol–water partition coefficient (Wildman–Crippen LogP) is 1.49. The quantitative estimate of drug-likeness (QED) is 0.653. The van der Waals surface area contributed by atoms with E-state index in [0.29, 0.717) is 22.9 Å². The Balaban J connectivity index is 2.30. The van der Waals surface area contributed by atoms with E-state index in [1.165, 1.54) is 6.08 Å². The summed E-state index contributed by atoms with van der Waals surface area (Å²) in [6.07, 6.45) is 1.35. The van der Waals surface area contributed by atoms with Crippen LogP contribution < -0.4 is 15.4 Å². The molecule has 1 heterocycles. The molecule has 0 aromatic heterocycles. The number of rotatable bonds is 3. The van der Waals surface area contributed by atoms with Crippen molar-refractivity contribution in [2.24, 2.45) is 0 Å². The first-order valence-corrected chi connectivity index (χ1v) is 6.19. The fourth-order valence-corrected chi connectivity index (χ4v) is 1.90. The number of hydrogen-bond donors (Lipinski definition) is 2. The minimum atomic E-state index is -0.832. The standard InChI is InChI=1S/C13H11ClN2O4/c1-2-20-10-4-3-7(6-9(10)14)5-8-11(17)15-13(19)16-12(8)18/h3-6H,2H2,1H3,(H2,15,16,17,18,19). The Morgan fingerprint density at radius 3 is 2.40 bits per heavy atom. The van der Waals surface area contributed by atoms with E-state index in [0.717, 1.165) is 0 Å². The number of imide groups is 2. The lowest BCUT2D eigenvalue weighted by atomic mass is 10.1. The van der Waals surface area contributed by atoms with Gasteiger partial charge in [-0.05, 0) is 30.7 Å². The molecule has 2 rings (SSSR count). The van der Waals surface area contributed by atoms with Crippen LogP contribution in [0.5, 0.6) is 5.75 Å². The third-order valence-corrected chi connectivity index (χ3v) is 2.81. The van der Waals surface area contributed by atoms with Crippen LogP contribution in [0, 0.1) is 0 Å². The normalized spacial score (nSPS) is 14.7. The number of barbiturate groups is 1. The van der Waals surface area contributed by atoms with Gasteiger partial charge in [0.25, 0.3) is 11.8 Å². The van der Waals surface area contributed by atoms with Gasteiger partial charge in [0.1, 0.15) is 11.3 Å². The Bertz CT molecular complexity index is 603. The highest BCUT2D eigenvalue weighted by molar-refractivity contribution is 6.33. The lowest BCUT2D eigenvalue weighted by Gasteiger charge is -2.14. The molecule has 0 spiro atoms. The van der Waals surface area contributed by atoms with E-state index in [1.807, 2.05) is 17.6 Å². The SMILES string of the molecule is CCOc1ccc(C=C2C(=O)NC(=O)NC2=O)cc1Cl. The number of benzene rings is 1. The molecular formula is C13H11ClN2O4. The second-order valence-electron chi connectivity index (χ2n) is 3.92. The zero-order chi connectivity index (χ0) is 14.7. The van der Waals surface area contributed by atoms with Crippen molar-refractivity contribution in [1.82, 2.24) is 10.6 Å². The highest BCUT2D eigenvalue weighted by atomic mass is 35.5. The van der Waals surface area contributed by atoms with Gasteiger partial charge >= 0.3 is 6.03 Å². The molecule has 1 aliphatic rings. The summed E-state index contributed by atoms with van der Waals surface area (Å²) < 4.78 is 5.28. The molecule has 1 aliphatic heterocycles. The average Bonchev–Trinajstić information content (AvgIpc) is 2.37. The maximum Gasteiger partial charge on any atom is 0.328 e. The molecule has 0 unspecified atom stereocenters. The largest absolute Gasteiger partial charge is 0.492 e. The number of nitrogens with one attached hydrogen (secondary N) is 2. The fourth-order valence-electron chi connectivity index (χ4n) is 1.65. The summed E-state index contributed by atoms with van der Waals surface area (Å²) in [6, 6.07) is 4.03. The second-order valence-corrected chi connectivity index (χ2v) is 4.33. The van der Waals surface area contributed by atoms with Gasteiger partial charge in [0.05, 0.1) is 11.6 Å². The third kappa shape index (κ3) is 2.97. The number of amides is 4. The Labute approximate surface area is 119 Å². The molecule has 4 amide bonds. The van der Waals surface area contributed by atoms with Gasteiger partial charge in [0, 0.05) is 0 Å². The molecule has 20 heavy (non-hydrogen) atoms. The molecule has 0 atom stereocenters. The van der Waals surface area contributed by atoms with Gasteiger partial charge < -0.3 is 4.74 Å². The number of urea groups is 1. The number of halogens is 1. The molecule has 0 aliphatic carbocycles. The first kappa shape index (κ1) is 14.1. The molecule has 6 nitrogen and oxygen atoms in total. The van der Waals surface area contributed by atoms with Crippen molar-refractivity contribution in [2.45, 2.75) is 6.92 Å². The number of carbonyl (C=O) groups is 3. The summed E-state index contributed by atoms with van der Waals surface area (Å²) in [6.45, 7) is 2.31. The van der Waals surface area contributed by atoms with E-state index in [2.05, 4.69) is 0 Å². The zero-order valence-electron chi connectivity index (χ0n) is 10.5. The van der Waals surface area contributed by atoms with Gasteiger partial charge in [0.15, 0.2) is 0 Å². The van der Waals surface area contributed by atoms with Crippen LogP contribution >= 0.6 is 11.6 Å². The van der Waals surface area contributed by atoms with Crippen molar-refractivity contribution in [3.8, 4) is 5.75 Å². The molecule has 1 saturated heterocycles. The summed E-state index contributed by atoms with van der Waals surface area (Å²) in [7, 11) is 0. The van der Waals surface area contributed by atoms with Crippen molar-refractivity contribution < 1.29 is 19.1 Å². The highest BCUT2D eigenvalue weighted by Crippen LogP contribution is 2.26.